The zero-order valence-corrected chi connectivity index (χ0v) is 20.1. The number of aryl methyl sites for hydroxylation is 1. The van der Waals surface area contributed by atoms with Gasteiger partial charge in [-0.2, -0.15) is 0 Å². The SMILES string of the molecule is CCN(CC)c1ccc(/C=N/c2sc3c(c2C(=O)NCc2ccccc2)CCCC3)c(O)c1. The predicted molar refractivity (Wildman–Crippen MR) is 137 cm³/mol. The number of carbonyl (C=O) groups is 1. The Kier molecular flexibility index (Phi) is 7.45. The van der Waals surface area contributed by atoms with Crippen molar-refractivity contribution in [3.05, 3.63) is 75.7 Å². The summed E-state index contributed by atoms with van der Waals surface area (Å²) in [6, 6.07) is 15.6. The largest absolute Gasteiger partial charge is 0.507 e. The number of aliphatic imine (C=N–C) groups is 1. The molecule has 0 bridgehead atoms. The molecule has 5 nitrogen and oxygen atoms in total. The summed E-state index contributed by atoms with van der Waals surface area (Å²) >= 11 is 1.60. The smallest absolute Gasteiger partial charge is 0.254 e. The first kappa shape index (κ1) is 23.1. The van der Waals surface area contributed by atoms with Crippen molar-refractivity contribution in [2.24, 2.45) is 4.99 Å². The number of aromatic hydroxyl groups is 1. The molecular weight excluding hydrogens is 430 g/mol. The molecule has 1 aromatic heterocycles. The molecule has 6 heteroatoms. The Morgan fingerprint density at radius 1 is 1.12 bits per heavy atom. The van der Waals surface area contributed by atoms with Gasteiger partial charge in [-0.25, -0.2) is 4.99 Å². The summed E-state index contributed by atoms with van der Waals surface area (Å²) in [5, 5.41) is 14.4. The molecule has 0 radical (unpaired) electrons. The Hall–Kier alpha value is -3.12. The maximum absolute atomic E-state index is 13.2. The average molecular weight is 462 g/mol. The number of thiophene rings is 1. The predicted octanol–water partition coefficient (Wildman–Crippen LogP) is 5.86. The molecule has 0 unspecified atom stereocenters. The molecule has 2 aromatic carbocycles. The van der Waals surface area contributed by atoms with Gasteiger partial charge in [-0.3, -0.25) is 4.79 Å². The summed E-state index contributed by atoms with van der Waals surface area (Å²) in [7, 11) is 0. The number of anilines is 1. The van der Waals surface area contributed by atoms with Gasteiger partial charge in [0.05, 0.1) is 5.56 Å². The van der Waals surface area contributed by atoms with Gasteiger partial charge in [0.25, 0.3) is 5.91 Å². The average Bonchev–Trinajstić information content (AvgIpc) is 3.22. The van der Waals surface area contributed by atoms with Crippen molar-refractivity contribution in [3.8, 4) is 5.75 Å². The van der Waals surface area contributed by atoms with Crippen LogP contribution in [0.25, 0.3) is 0 Å². The number of nitrogens with zero attached hydrogens (tertiary/aromatic N) is 2. The first-order chi connectivity index (χ1) is 16.1. The molecule has 0 saturated heterocycles. The zero-order chi connectivity index (χ0) is 23.2. The van der Waals surface area contributed by atoms with E-state index in [1.807, 2.05) is 42.5 Å². The second-order valence-electron chi connectivity index (χ2n) is 8.23. The lowest BCUT2D eigenvalue weighted by Crippen LogP contribution is -2.24. The van der Waals surface area contributed by atoms with Crippen molar-refractivity contribution in [1.29, 1.82) is 0 Å². The fraction of sp³-hybridized carbons (Fsp3) is 0.333. The van der Waals surface area contributed by atoms with Crippen LogP contribution in [-0.2, 0) is 19.4 Å². The van der Waals surface area contributed by atoms with Gasteiger partial charge in [0.1, 0.15) is 10.8 Å². The highest BCUT2D eigenvalue weighted by Gasteiger charge is 2.25. The zero-order valence-electron chi connectivity index (χ0n) is 19.3. The molecule has 3 aromatic rings. The van der Waals surface area contributed by atoms with Crippen molar-refractivity contribution in [2.45, 2.75) is 46.1 Å². The Bertz CT molecular complexity index is 1130. The molecule has 0 atom stereocenters. The van der Waals surface area contributed by atoms with Gasteiger partial charge in [-0.05, 0) is 62.8 Å². The minimum absolute atomic E-state index is 0.0773. The van der Waals surface area contributed by atoms with Crippen LogP contribution in [0.5, 0.6) is 5.75 Å². The monoisotopic (exact) mass is 461 g/mol. The van der Waals surface area contributed by atoms with Gasteiger partial charge in [0.15, 0.2) is 0 Å². The van der Waals surface area contributed by atoms with Gasteiger partial charge >= 0.3 is 0 Å². The van der Waals surface area contributed by atoms with Crippen molar-refractivity contribution in [1.82, 2.24) is 5.32 Å². The summed E-state index contributed by atoms with van der Waals surface area (Å²) in [5.74, 6) is 0.117. The highest BCUT2D eigenvalue weighted by Crippen LogP contribution is 2.40. The Morgan fingerprint density at radius 3 is 2.61 bits per heavy atom. The van der Waals surface area contributed by atoms with Crippen LogP contribution in [0.15, 0.2) is 53.5 Å². The number of hydrogen-bond donors (Lipinski definition) is 2. The van der Waals surface area contributed by atoms with Gasteiger partial charge in [-0.1, -0.05) is 30.3 Å². The molecule has 33 heavy (non-hydrogen) atoms. The highest BCUT2D eigenvalue weighted by atomic mass is 32.1. The number of nitrogens with one attached hydrogen (secondary N) is 1. The Balaban J connectivity index is 1.59. The van der Waals surface area contributed by atoms with Crippen LogP contribution in [0.2, 0.25) is 0 Å². The van der Waals surface area contributed by atoms with Crippen LogP contribution in [0.3, 0.4) is 0 Å². The van der Waals surface area contributed by atoms with E-state index in [9.17, 15) is 9.90 Å². The molecule has 2 N–H and O–H groups in total. The number of carbonyl (C=O) groups excluding carboxylic acids is 1. The fourth-order valence-electron chi connectivity index (χ4n) is 4.30. The molecular formula is C27H31N3O2S. The second-order valence-corrected chi connectivity index (χ2v) is 9.32. The van der Waals surface area contributed by atoms with Crippen LogP contribution in [0.1, 0.15) is 58.6 Å². The quantitative estimate of drug-likeness (QED) is 0.413. The molecule has 0 aliphatic heterocycles. The summed E-state index contributed by atoms with van der Waals surface area (Å²) in [6.45, 7) is 6.44. The topological polar surface area (TPSA) is 64.9 Å². The van der Waals surface area contributed by atoms with E-state index in [-0.39, 0.29) is 11.7 Å². The van der Waals surface area contributed by atoms with E-state index in [0.717, 1.165) is 60.6 Å². The maximum atomic E-state index is 13.2. The minimum Gasteiger partial charge on any atom is -0.507 e. The minimum atomic E-state index is -0.0773. The molecule has 1 heterocycles. The Labute approximate surface area is 199 Å². The van der Waals surface area contributed by atoms with E-state index >= 15 is 0 Å². The van der Waals surface area contributed by atoms with E-state index in [4.69, 9.17) is 4.99 Å². The number of amides is 1. The first-order valence-corrected chi connectivity index (χ1v) is 12.5. The third kappa shape index (κ3) is 5.28. The number of fused-ring (bicyclic) bond motifs is 1. The van der Waals surface area contributed by atoms with E-state index in [1.54, 1.807) is 23.6 Å². The summed E-state index contributed by atoms with van der Waals surface area (Å²) in [5.41, 5.74) is 4.54. The molecule has 1 aliphatic carbocycles. The summed E-state index contributed by atoms with van der Waals surface area (Å²) < 4.78 is 0. The van der Waals surface area contributed by atoms with Crippen LogP contribution in [-0.4, -0.2) is 30.3 Å². The van der Waals surface area contributed by atoms with Crippen molar-refractivity contribution in [3.63, 3.8) is 0 Å². The van der Waals surface area contributed by atoms with Crippen LogP contribution >= 0.6 is 11.3 Å². The lowest BCUT2D eigenvalue weighted by molar-refractivity contribution is 0.0951. The lowest BCUT2D eigenvalue weighted by atomic mass is 9.95. The number of hydrogen-bond acceptors (Lipinski definition) is 5. The van der Waals surface area contributed by atoms with Crippen molar-refractivity contribution < 1.29 is 9.90 Å². The molecule has 1 aliphatic rings. The van der Waals surface area contributed by atoms with Gasteiger partial charge in [0, 0.05) is 48.0 Å². The molecule has 0 saturated carbocycles. The number of phenolic OH excluding ortho intramolecular Hbond substituents is 1. The number of phenols is 1. The molecule has 0 fully saturated rings. The van der Waals surface area contributed by atoms with E-state index in [2.05, 4.69) is 24.1 Å². The molecule has 1 amide bonds. The molecule has 172 valence electrons. The number of benzene rings is 2. The van der Waals surface area contributed by atoms with Crippen LogP contribution in [0, 0.1) is 0 Å². The van der Waals surface area contributed by atoms with Crippen LogP contribution < -0.4 is 10.2 Å². The summed E-state index contributed by atoms with van der Waals surface area (Å²) in [4.78, 5) is 21.3. The molecule has 0 spiro atoms. The fourth-order valence-corrected chi connectivity index (χ4v) is 5.53. The Morgan fingerprint density at radius 2 is 1.88 bits per heavy atom. The van der Waals surface area contributed by atoms with Gasteiger partial charge in [-0.15, -0.1) is 11.3 Å². The third-order valence-electron chi connectivity index (χ3n) is 6.14. The second kappa shape index (κ2) is 10.7. The van der Waals surface area contributed by atoms with E-state index in [0.29, 0.717) is 17.7 Å². The normalized spacial score (nSPS) is 13.2. The highest BCUT2D eigenvalue weighted by molar-refractivity contribution is 7.16. The van der Waals surface area contributed by atoms with Crippen molar-refractivity contribution in [2.75, 3.05) is 18.0 Å². The molecule has 4 rings (SSSR count). The standard InChI is InChI=1S/C27H31N3O2S/c1-3-30(4-2)21-15-14-20(23(31)16-21)18-29-27-25(22-12-8-9-13-24(22)33-27)26(32)28-17-19-10-6-5-7-11-19/h5-7,10-11,14-16,18,31H,3-4,8-9,12-13,17H2,1-2H3,(H,28,32)/b29-18+. The van der Waals surface area contributed by atoms with Crippen molar-refractivity contribution >= 4 is 34.1 Å². The third-order valence-corrected chi connectivity index (χ3v) is 7.34. The van der Waals surface area contributed by atoms with Crippen LogP contribution in [0.4, 0.5) is 10.7 Å². The van der Waals surface area contributed by atoms with Gasteiger partial charge in [0.2, 0.25) is 0 Å². The summed E-state index contributed by atoms with van der Waals surface area (Å²) in [6.07, 6.45) is 5.83. The first-order valence-electron chi connectivity index (χ1n) is 11.7. The van der Waals surface area contributed by atoms with Gasteiger partial charge < -0.3 is 15.3 Å². The lowest BCUT2D eigenvalue weighted by Gasteiger charge is -2.21. The maximum Gasteiger partial charge on any atom is 0.254 e. The van der Waals surface area contributed by atoms with E-state index < -0.39 is 0 Å². The number of rotatable bonds is 8. The van der Waals surface area contributed by atoms with E-state index in [1.165, 1.54) is 4.88 Å².